The molecule has 4 nitrogen and oxygen atoms in total. The third kappa shape index (κ3) is 6.36. The molecular weight excluding hydrogens is 419 g/mol. The Morgan fingerprint density at radius 1 is 1.25 bits per heavy atom. The number of alkyl halides is 3. The van der Waals surface area contributed by atoms with Crippen molar-refractivity contribution < 1.29 is 27.8 Å². The molecule has 1 aromatic rings. The molecule has 1 N–H and O–H groups in total. The fraction of sp³-hybridized carbons (Fsp3) is 0.560. The lowest BCUT2D eigenvalue weighted by molar-refractivity contribution is -0.139. The predicted octanol–water partition coefficient (Wildman–Crippen LogP) is 5.31. The summed E-state index contributed by atoms with van der Waals surface area (Å²) >= 11 is 0. The minimum absolute atomic E-state index is 0.0273. The highest BCUT2D eigenvalue weighted by Gasteiger charge is 2.38. The zero-order valence-corrected chi connectivity index (χ0v) is 18.3. The Morgan fingerprint density at radius 2 is 1.91 bits per heavy atom. The first-order chi connectivity index (χ1) is 15.1. The van der Waals surface area contributed by atoms with Gasteiger partial charge in [0.05, 0.1) is 11.6 Å². The summed E-state index contributed by atoms with van der Waals surface area (Å²) in [6.45, 7) is 7.71. The number of piperidine rings is 1. The number of nitrogens with zero attached hydrogens (tertiary/aromatic N) is 1. The number of benzene rings is 1. The fourth-order valence-electron chi connectivity index (χ4n) is 4.74. The van der Waals surface area contributed by atoms with Crippen LogP contribution in [0.4, 0.5) is 13.2 Å². The Hall–Kier alpha value is -2.30. The van der Waals surface area contributed by atoms with Crippen LogP contribution in [0.15, 0.2) is 36.4 Å². The van der Waals surface area contributed by atoms with E-state index in [9.17, 15) is 23.1 Å². The van der Waals surface area contributed by atoms with Crippen LogP contribution >= 0.6 is 0 Å². The molecule has 3 atom stereocenters. The van der Waals surface area contributed by atoms with Gasteiger partial charge in [-0.3, -0.25) is 9.69 Å². The second-order valence-electron chi connectivity index (χ2n) is 8.81. The molecule has 3 rings (SSSR count). The molecule has 0 aliphatic carbocycles. The molecule has 32 heavy (non-hydrogen) atoms. The second-order valence-corrected chi connectivity index (χ2v) is 8.81. The van der Waals surface area contributed by atoms with Crippen molar-refractivity contribution in [2.24, 2.45) is 11.8 Å². The number of allylic oxidation sites excluding steroid dienone is 1. The van der Waals surface area contributed by atoms with Crippen LogP contribution in [0, 0.1) is 23.7 Å². The van der Waals surface area contributed by atoms with Crippen LogP contribution in [0.5, 0.6) is 0 Å². The van der Waals surface area contributed by atoms with Gasteiger partial charge in [-0.2, -0.15) is 13.2 Å². The molecule has 2 aliphatic heterocycles. The first-order valence-electron chi connectivity index (χ1n) is 11.0. The molecule has 2 fully saturated rings. The lowest BCUT2D eigenvalue weighted by Crippen LogP contribution is -2.47. The van der Waals surface area contributed by atoms with Crippen molar-refractivity contribution in [3.05, 3.63) is 47.5 Å². The molecule has 0 amide bonds. The molecule has 2 saturated heterocycles. The summed E-state index contributed by atoms with van der Waals surface area (Å²) < 4.78 is 44.8. The standard InChI is InChI=1S/C25H30F3NO3/c1-17(2)3-8-22(20-10-13-32-14-11-20)29-12-9-18(16-24(30)31)15-23(29)19-4-6-21(7-5-19)25(26,27)28/h4-7,18,20,22-23H,1,9-16H2,2H3,(H,30,31)/t18-,22-,23+/m1/s1. The molecule has 0 radical (unpaired) electrons. The first-order valence-corrected chi connectivity index (χ1v) is 11.0. The number of ether oxygens (including phenoxy) is 1. The van der Waals surface area contributed by atoms with Gasteiger partial charge in [-0.15, -0.1) is 0 Å². The van der Waals surface area contributed by atoms with E-state index in [1.807, 2.05) is 6.92 Å². The number of aliphatic carboxylic acids is 1. The number of carboxylic acids is 1. The Labute approximate surface area is 187 Å². The Balaban J connectivity index is 1.95. The lowest BCUT2D eigenvalue weighted by Gasteiger charge is -2.45. The van der Waals surface area contributed by atoms with E-state index >= 15 is 0 Å². The molecule has 0 bridgehead atoms. The minimum Gasteiger partial charge on any atom is -0.481 e. The van der Waals surface area contributed by atoms with E-state index in [2.05, 4.69) is 23.3 Å². The summed E-state index contributed by atoms with van der Waals surface area (Å²) in [5, 5.41) is 9.29. The molecule has 7 heteroatoms. The highest BCUT2D eigenvalue weighted by Crippen LogP contribution is 2.40. The third-order valence-corrected chi connectivity index (χ3v) is 6.34. The lowest BCUT2D eigenvalue weighted by atomic mass is 9.81. The normalized spacial score (nSPS) is 23.8. The maximum atomic E-state index is 13.1. The Kier molecular flexibility index (Phi) is 8.02. The van der Waals surface area contributed by atoms with Gasteiger partial charge in [0.15, 0.2) is 0 Å². The van der Waals surface area contributed by atoms with Crippen LogP contribution < -0.4 is 0 Å². The molecule has 0 unspecified atom stereocenters. The van der Waals surface area contributed by atoms with Gasteiger partial charge in [0.1, 0.15) is 0 Å². The number of halogens is 3. The maximum absolute atomic E-state index is 13.1. The Bertz CT molecular complexity index is 863. The van der Waals surface area contributed by atoms with Gasteiger partial charge in [0.25, 0.3) is 0 Å². The van der Waals surface area contributed by atoms with Crippen molar-refractivity contribution >= 4 is 5.97 Å². The van der Waals surface area contributed by atoms with Crippen molar-refractivity contribution in [2.75, 3.05) is 19.8 Å². The average Bonchev–Trinajstić information content (AvgIpc) is 2.74. The second kappa shape index (κ2) is 10.5. The number of likely N-dealkylation sites (tertiary alicyclic amines) is 1. The minimum atomic E-state index is -4.39. The fourth-order valence-corrected chi connectivity index (χ4v) is 4.74. The van der Waals surface area contributed by atoms with Crippen LogP contribution in [0.1, 0.15) is 56.2 Å². The van der Waals surface area contributed by atoms with Gasteiger partial charge in [0, 0.05) is 32.2 Å². The van der Waals surface area contributed by atoms with E-state index in [4.69, 9.17) is 4.74 Å². The van der Waals surface area contributed by atoms with E-state index in [1.54, 1.807) is 0 Å². The Morgan fingerprint density at radius 3 is 2.47 bits per heavy atom. The molecule has 0 saturated carbocycles. The summed E-state index contributed by atoms with van der Waals surface area (Å²) in [6.07, 6.45) is -1.31. The van der Waals surface area contributed by atoms with Crippen molar-refractivity contribution in [1.29, 1.82) is 0 Å². The van der Waals surface area contributed by atoms with Crippen molar-refractivity contribution in [2.45, 2.75) is 57.3 Å². The summed E-state index contributed by atoms with van der Waals surface area (Å²) in [5.41, 5.74) is 0.838. The highest BCUT2D eigenvalue weighted by atomic mass is 19.4. The number of carboxylic acid groups (broad SMARTS) is 1. The molecule has 2 heterocycles. The molecule has 2 aliphatic rings. The first kappa shape index (κ1) is 24.3. The maximum Gasteiger partial charge on any atom is 0.416 e. The van der Waals surface area contributed by atoms with Gasteiger partial charge in [-0.1, -0.05) is 30.6 Å². The van der Waals surface area contributed by atoms with Crippen LogP contribution in [-0.2, 0) is 15.7 Å². The van der Waals surface area contributed by atoms with E-state index in [1.165, 1.54) is 12.1 Å². The molecule has 1 aromatic carbocycles. The van der Waals surface area contributed by atoms with Crippen LogP contribution in [0.25, 0.3) is 0 Å². The molecular formula is C25H30F3NO3. The number of hydrogen-bond acceptors (Lipinski definition) is 3. The van der Waals surface area contributed by atoms with E-state index in [0.29, 0.717) is 26.2 Å². The van der Waals surface area contributed by atoms with E-state index < -0.39 is 17.7 Å². The largest absolute Gasteiger partial charge is 0.481 e. The average molecular weight is 450 g/mol. The van der Waals surface area contributed by atoms with Crippen LogP contribution in [-0.4, -0.2) is 41.8 Å². The topological polar surface area (TPSA) is 49.8 Å². The van der Waals surface area contributed by atoms with Gasteiger partial charge < -0.3 is 9.84 Å². The van der Waals surface area contributed by atoms with Crippen LogP contribution in [0.2, 0.25) is 0 Å². The molecule has 0 aromatic heterocycles. The highest BCUT2D eigenvalue weighted by molar-refractivity contribution is 5.67. The SMILES string of the molecule is C=C(C)C#C[C@H](C1CCOCC1)N1CC[C@@H](CC(=O)O)C[C@H]1c1ccc(C(F)(F)F)cc1. The van der Waals surface area contributed by atoms with E-state index in [-0.39, 0.29) is 30.3 Å². The summed E-state index contributed by atoms with van der Waals surface area (Å²) in [5.74, 6) is 5.89. The number of hydrogen-bond donors (Lipinski definition) is 1. The predicted molar refractivity (Wildman–Crippen MR) is 116 cm³/mol. The number of rotatable bonds is 5. The smallest absolute Gasteiger partial charge is 0.416 e. The summed E-state index contributed by atoms with van der Waals surface area (Å²) in [6, 6.07) is 4.99. The monoisotopic (exact) mass is 449 g/mol. The van der Waals surface area contributed by atoms with Crippen molar-refractivity contribution in [1.82, 2.24) is 4.90 Å². The molecule has 0 spiro atoms. The van der Waals surface area contributed by atoms with Crippen molar-refractivity contribution in [3.63, 3.8) is 0 Å². The zero-order valence-electron chi connectivity index (χ0n) is 18.3. The zero-order chi connectivity index (χ0) is 23.3. The summed E-state index contributed by atoms with van der Waals surface area (Å²) in [4.78, 5) is 13.6. The van der Waals surface area contributed by atoms with Crippen molar-refractivity contribution in [3.8, 4) is 11.8 Å². The van der Waals surface area contributed by atoms with Crippen LogP contribution in [0.3, 0.4) is 0 Å². The van der Waals surface area contributed by atoms with Gasteiger partial charge in [-0.25, -0.2) is 0 Å². The van der Waals surface area contributed by atoms with E-state index in [0.717, 1.165) is 42.5 Å². The molecule has 174 valence electrons. The number of carbonyl (C=O) groups is 1. The summed E-state index contributed by atoms with van der Waals surface area (Å²) in [7, 11) is 0. The van der Waals surface area contributed by atoms with Gasteiger partial charge >= 0.3 is 12.1 Å². The quantitative estimate of drug-likeness (QED) is 0.619. The van der Waals surface area contributed by atoms with Gasteiger partial charge in [0.2, 0.25) is 0 Å². The third-order valence-electron chi connectivity index (χ3n) is 6.34. The van der Waals surface area contributed by atoms with Gasteiger partial charge in [-0.05, 0) is 67.7 Å².